The van der Waals surface area contributed by atoms with Crippen LogP contribution in [0.1, 0.15) is 16.9 Å². The van der Waals surface area contributed by atoms with Crippen LogP contribution in [0.2, 0.25) is 0 Å². The standard InChI is InChI=1S/C22H32N2O4/c1-19-4-2-5-20(14-19)15-24(8-7-23-9-12-26-13-10-23)16-21(25)17-27-18-22-6-3-11-28-22/h2-6,11,14,21,25H,7-10,12-13,15-18H2,1H3/t21-/m0/s1. The normalized spacial score (nSPS) is 16.5. The molecule has 0 saturated carbocycles. The number of hydrogen-bond acceptors (Lipinski definition) is 6. The molecule has 1 saturated heterocycles. The van der Waals surface area contributed by atoms with Crippen molar-refractivity contribution in [2.75, 3.05) is 52.5 Å². The van der Waals surface area contributed by atoms with Gasteiger partial charge in [0.05, 0.1) is 32.2 Å². The van der Waals surface area contributed by atoms with Gasteiger partial charge in [0.1, 0.15) is 12.4 Å². The monoisotopic (exact) mass is 388 g/mol. The summed E-state index contributed by atoms with van der Waals surface area (Å²) < 4.78 is 16.3. The summed E-state index contributed by atoms with van der Waals surface area (Å²) in [4.78, 5) is 4.73. The van der Waals surface area contributed by atoms with Crippen molar-refractivity contribution in [3.05, 3.63) is 59.5 Å². The summed E-state index contributed by atoms with van der Waals surface area (Å²) in [7, 11) is 0. The molecule has 0 radical (unpaired) electrons. The Balaban J connectivity index is 1.49. The molecule has 6 heteroatoms. The van der Waals surface area contributed by atoms with E-state index in [1.54, 1.807) is 6.26 Å². The van der Waals surface area contributed by atoms with E-state index in [1.165, 1.54) is 11.1 Å². The van der Waals surface area contributed by atoms with E-state index >= 15 is 0 Å². The number of aliphatic hydroxyl groups excluding tert-OH is 1. The summed E-state index contributed by atoms with van der Waals surface area (Å²) in [5.41, 5.74) is 2.53. The molecule has 0 unspecified atom stereocenters. The summed E-state index contributed by atoms with van der Waals surface area (Å²) in [5, 5.41) is 10.5. The third-order valence-electron chi connectivity index (χ3n) is 4.93. The van der Waals surface area contributed by atoms with Gasteiger partial charge >= 0.3 is 0 Å². The lowest BCUT2D eigenvalue weighted by molar-refractivity contribution is -0.00152. The summed E-state index contributed by atoms with van der Waals surface area (Å²) in [5.74, 6) is 0.774. The third-order valence-corrected chi connectivity index (χ3v) is 4.93. The highest BCUT2D eigenvalue weighted by atomic mass is 16.5. The minimum atomic E-state index is -0.538. The first-order chi connectivity index (χ1) is 13.7. The molecule has 1 aliphatic heterocycles. The second-order valence-electron chi connectivity index (χ2n) is 7.43. The number of furan rings is 1. The first kappa shape index (κ1) is 21.0. The number of aliphatic hydroxyl groups is 1. The molecule has 2 heterocycles. The molecule has 0 bridgehead atoms. The van der Waals surface area contributed by atoms with E-state index in [-0.39, 0.29) is 0 Å². The van der Waals surface area contributed by atoms with Crippen molar-refractivity contribution in [1.29, 1.82) is 0 Å². The fourth-order valence-corrected chi connectivity index (χ4v) is 3.45. The summed E-state index contributed by atoms with van der Waals surface area (Å²) in [6, 6.07) is 12.3. The van der Waals surface area contributed by atoms with Crippen LogP contribution < -0.4 is 0 Å². The first-order valence-electron chi connectivity index (χ1n) is 10.1. The van der Waals surface area contributed by atoms with Crippen LogP contribution >= 0.6 is 0 Å². The van der Waals surface area contributed by atoms with Gasteiger partial charge in [-0.3, -0.25) is 9.80 Å². The van der Waals surface area contributed by atoms with Crippen molar-refractivity contribution in [3.8, 4) is 0 Å². The predicted octanol–water partition coefficient (Wildman–Crippen LogP) is 2.30. The van der Waals surface area contributed by atoms with Gasteiger partial charge in [0, 0.05) is 39.3 Å². The Kier molecular flexibility index (Phi) is 8.51. The second-order valence-corrected chi connectivity index (χ2v) is 7.43. The maximum absolute atomic E-state index is 10.5. The van der Waals surface area contributed by atoms with Crippen molar-refractivity contribution in [3.63, 3.8) is 0 Å². The highest BCUT2D eigenvalue weighted by Crippen LogP contribution is 2.10. The molecule has 0 amide bonds. The average molecular weight is 389 g/mol. The van der Waals surface area contributed by atoms with Gasteiger partial charge in [0.25, 0.3) is 0 Å². The van der Waals surface area contributed by atoms with E-state index in [9.17, 15) is 5.11 Å². The van der Waals surface area contributed by atoms with Gasteiger partial charge in [-0.15, -0.1) is 0 Å². The van der Waals surface area contributed by atoms with Crippen LogP contribution in [0.25, 0.3) is 0 Å². The quantitative estimate of drug-likeness (QED) is 0.637. The molecule has 0 spiro atoms. The Morgan fingerprint density at radius 3 is 2.82 bits per heavy atom. The fourth-order valence-electron chi connectivity index (χ4n) is 3.45. The molecule has 2 aromatic rings. The summed E-state index contributed by atoms with van der Waals surface area (Å²) in [6.45, 7) is 9.65. The topological polar surface area (TPSA) is 58.3 Å². The molecule has 1 aromatic carbocycles. The SMILES string of the molecule is Cc1cccc(CN(CCN2CCOCC2)C[C@H](O)COCc2ccco2)c1. The lowest BCUT2D eigenvalue weighted by atomic mass is 10.1. The van der Waals surface area contributed by atoms with E-state index < -0.39 is 6.10 Å². The van der Waals surface area contributed by atoms with Gasteiger partial charge in [-0.1, -0.05) is 29.8 Å². The highest BCUT2D eigenvalue weighted by Gasteiger charge is 2.16. The minimum absolute atomic E-state index is 0.294. The summed E-state index contributed by atoms with van der Waals surface area (Å²) >= 11 is 0. The molecule has 1 atom stereocenters. The Bertz CT molecular complexity index is 671. The van der Waals surface area contributed by atoms with Crippen LogP contribution in [0.3, 0.4) is 0 Å². The lowest BCUT2D eigenvalue weighted by Crippen LogP contribution is -2.43. The Hall–Kier alpha value is -1.70. The number of morpholine rings is 1. The Labute approximate surface area is 167 Å². The number of hydrogen-bond donors (Lipinski definition) is 1. The molecule has 0 aliphatic carbocycles. The third kappa shape index (κ3) is 7.37. The molecular formula is C22H32N2O4. The Morgan fingerprint density at radius 1 is 1.21 bits per heavy atom. The molecule has 6 nitrogen and oxygen atoms in total. The van der Waals surface area contributed by atoms with Crippen molar-refractivity contribution >= 4 is 0 Å². The smallest absolute Gasteiger partial charge is 0.129 e. The number of aryl methyl sites for hydroxylation is 1. The average Bonchev–Trinajstić information content (AvgIpc) is 3.20. The van der Waals surface area contributed by atoms with Gasteiger partial charge in [-0.25, -0.2) is 0 Å². The van der Waals surface area contributed by atoms with Crippen molar-refractivity contribution in [2.24, 2.45) is 0 Å². The second kappa shape index (κ2) is 11.3. The van der Waals surface area contributed by atoms with Crippen molar-refractivity contribution in [1.82, 2.24) is 9.80 Å². The predicted molar refractivity (Wildman–Crippen MR) is 108 cm³/mol. The highest BCUT2D eigenvalue weighted by molar-refractivity contribution is 5.22. The maximum Gasteiger partial charge on any atom is 0.129 e. The number of benzene rings is 1. The number of rotatable bonds is 11. The van der Waals surface area contributed by atoms with E-state index in [0.717, 1.165) is 51.7 Å². The van der Waals surface area contributed by atoms with Crippen LogP contribution in [0.4, 0.5) is 0 Å². The van der Waals surface area contributed by atoms with E-state index in [1.807, 2.05) is 12.1 Å². The van der Waals surface area contributed by atoms with Gasteiger partial charge in [0.15, 0.2) is 0 Å². The van der Waals surface area contributed by atoms with Crippen LogP contribution in [0.15, 0.2) is 47.1 Å². The molecule has 28 heavy (non-hydrogen) atoms. The van der Waals surface area contributed by atoms with E-state index in [4.69, 9.17) is 13.9 Å². The van der Waals surface area contributed by atoms with Crippen LogP contribution in [0, 0.1) is 6.92 Å². The van der Waals surface area contributed by atoms with Crippen LogP contribution in [-0.2, 0) is 22.6 Å². The van der Waals surface area contributed by atoms with Gasteiger partial charge in [-0.2, -0.15) is 0 Å². The number of nitrogens with zero attached hydrogens (tertiary/aromatic N) is 2. The van der Waals surface area contributed by atoms with Crippen LogP contribution in [-0.4, -0.2) is 73.6 Å². The largest absolute Gasteiger partial charge is 0.467 e. The van der Waals surface area contributed by atoms with Gasteiger partial charge < -0.3 is 19.0 Å². The minimum Gasteiger partial charge on any atom is -0.467 e. The molecule has 1 aliphatic rings. The molecular weight excluding hydrogens is 356 g/mol. The molecule has 3 rings (SSSR count). The molecule has 154 valence electrons. The van der Waals surface area contributed by atoms with E-state index in [2.05, 4.69) is 41.0 Å². The lowest BCUT2D eigenvalue weighted by Gasteiger charge is -2.31. The first-order valence-corrected chi connectivity index (χ1v) is 10.1. The number of ether oxygens (including phenoxy) is 2. The van der Waals surface area contributed by atoms with Crippen molar-refractivity contribution in [2.45, 2.75) is 26.2 Å². The van der Waals surface area contributed by atoms with Gasteiger partial charge in [0.2, 0.25) is 0 Å². The fraction of sp³-hybridized carbons (Fsp3) is 0.545. The molecule has 1 fully saturated rings. The van der Waals surface area contributed by atoms with Crippen molar-refractivity contribution < 1.29 is 19.0 Å². The van der Waals surface area contributed by atoms with Crippen LogP contribution in [0.5, 0.6) is 0 Å². The molecule has 1 aromatic heterocycles. The summed E-state index contributed by atoms with van der Waals surface area (Å²) in [6.07, 6.45) is 1.09. The zero-order chi connectivity index (χ0) is 19.6. The zero-order valence-corrected chi connectivity index (χ0v) is 16.8. The van der Waals surface area contributed by atoms with E-state index in [0.29, 0.717) is 19.8 Å². The Morgan fingerprint density at radius 2 is 2.07 bits per heavy atom. The zero-order valence-electron chi connectivity index (χ0n) is 16.8. The maximum atomic E-state index is 10.5. The molecule has 1 N–H and O–H groups in total. The van der Waals surface area contributed by atoms with Gasteiger partial charge in [-0.05, 0) is 24.6 Å².